The number of hydrogen-bond donors (Lipinski definition) is 0. The van der Waals surface area contributed by atoms with Crippen molar-refractivity contribution in [2.45, 2.75) is 20.3 Å². The van der Waals surface area contributed by atoms with Gasteiger partial charge in [-0.25, -0.2) is 9.97 Å². The normalized spacial score (nSPS) is 14.8. The Balaban J connectivity index is 1.53. The highest BCUT2D eigenvalue weighted by Gasteiger charge is 2.25. The number of carbonyl (C=O) groups excluding carboxylic acids is 1. The summed E-state index contributed by atoms with van der Waals surface area (Å²) in [5, 5.41) is 1.71. The minimum Gasteiger partial charge on any atom is -0.352 e. The molecular formula is C20H21ClN4OS. The quantitative estimate of drug-likeness (QED) is 0.661. The van der Waals surface area contributed by atoms with Gasteiger partial charge in [0, 0.05) is 41.6 Å². The first-order chi connectivity index (χ1) is 13.0. The topological polar surface area (TPSA) is 49.3 Å². The van der Waals surface area contributed by atoms with Gasteiger partial charge in [0.1, 0.15) is 16.5 Å². The molecule has 0 saturated carbocycles. The number of hydrogen-bond acceptors (Lipinski definition) is 5. The highest BCUT2D eigenvalue weighted by molar-refractivity contribution is 7.18. The van der Waals surface area contributed by atoms with Gasteiger partial charge in [0.15, 0.2) is 0 Å². The highest BCUT2D eigenvalue weighted by Crippen LogP contribution is 2.32. The second-order valence-electron chi connectivity index (χ2n) is 6.67. The molecule has 5 nitrogen and oxygen atoms in total. The van der Waals surface area contributed by atoms with E-state index < -0.39 is 0 Å². The van der Waals surface area contributed by atoms with Crippen LogP contribution in [0.25, 0.3) is 10.2 Å². The van der Waals surface area contributed by atoms with Crippen molar-refractivity contribution in [2.24, 2.45) is 0 Å². The molecule has 1 aliphatic rings. The number of aryl methyl sites for hydroxylation is 2. The molecule has 27 heavy (non-hydrogen) atoms. The number of nitrogens with zero attached hydrogens (tertiary/aromatic N) is 4. The maximum absolute atomic E-state index is 12.7. The first kappa shape index (κ1) is 18.2. The Kier molecular flexibility index (Phi) is 5.02. The smallest absolute Gasteiger partial charge is 0.254 e. The van der Waals surface area contributed by atoms with Crippen LogP contribution in [0.3, 0.4) is 0 Å². The number of rotatable bonds is 3. The van der Waals surface area contributed by atoms with E-state index >= 15 is 0 Å². The van der Waals surface area contributed by atoms with Crippen molar-refractivity contribution in [3.63, 3.8) is 0 Å². The Morgan fingerprint density at radius 3 is 2.67 bits per heavy atom. The van der Waals surface area contributed by atoms with Gasteiger partial charge < -0.3 is 9.80 Å². The van der Waals surface area contributed by atoms with E-state index in [9.17, 15) is 4.79 Å². The number of benzene rings is 1. The average Bonchev–Trinajstić information content (AvgIpc) is 3.10. The van der Waals surface area contributed by atoms with E-state index in [1.165, 1.54) is 4.88 Å². The van der Waals surface area contributed by atoms with Gasteiger partial charge in [-0.15, -0.1) is 11.3 Å². The molecule has 3 aromatic rings. The molecule has 1 saturated heterocycles. The fourth-order valence-corrected chi connectivity index (χ4v) is 4.60. The summed E-state index contributed by atoms with van der Waals surface area (Å²) in [5.74, 6) is 1.81. The van der Waals surface area contributed by atoms with Crippen molar-refractivity contribution in [3.05, 3.63) is 51.6 Å². The molecule has 0 spiro atoms. The lowest BCUT2D eigenvalue weighted by atomic mass is 10.1. The summed E-state index contributed by atoms with van der Waals surface area (Å²) in [6, 6.07) is 9.34. The van der Waals surface area contributed by atoms with E-state index in [1.54, 1.807) is 23.5 Å². The van der Waals surface area contributed by atoms with E-state index in [-0.39, 0.29) is 5.91 Å². The zero-order valence-corrected chi connectivity index (χ0v) is 17.0. The molecule has 0 aliphatic carbocycles. The van der Waals surface area contributed by atoms with Crippen LogP contribution in [0.15, 0.2) is 30.3 Å². The van der Waals surface area contributed by atoms with Crippen molar-refractivity contribution in [3.8, 4) is 0 Å². The van der Waals surface area contributed by atoms with E-state index in [0.29, 0.717) is 23.7 Å². The highest BCUT2D eigenvalue weighted by atomic mass is 35.5. The van der Waals surface area contributed by atoms with Gasteiger partial charge >= 0.3 is 0 Å². The summed E-state index contributed by atoms with van der Waals surface area (Å²) in [6.07, 6.45) is 1.00. The van der Waals surface area contributed by atoms with E-state index in [2.05, 4.69) is 22.9 Å². The van der Waals surface area contributed by atoms with Gasteiger partial charge in [0.05, 0.1) is 5.39 Å². The van der Waals surface area contributed by atoms with Gasteiger partial charge in [-0.1, -0.05) is 24.6 Å². The zero-order valence-electron chi connectivity index (χ0n) is 15.4. The van der Waals surface area contributed by atoms with Crippen LogP contribution in [-0.2, 0) is 6.42 Å². The molecule has 1 aromatic carbocycles. The standard InChI is InChI=1S/C20H21ClN4OS/c1-3-16-12-17-18(22-13(2)23-19(17)27-16)24-7-9-25(10-8-24)20(26)14-5-4-6-15(21)11-14/h4-6,11-12H,3,7-10H2,1-2H3. The largest absolute Gasteiger partial charge is 0.352 e. The van der Waals surface area contributed by atoms with E-state index in [4.69, 9.17) is 16.6 Å². The summed E-state index contributed by atoms with van der Waals surface area (Å²) in [5.41, 5.74) is 0.640. The number of halogens is 1. The van der Waals surface area contributed by atoms with Crippen LogP contribution < -0.4 is 4.90 Å². The number of amides is 1. The molecule has 0 N–H and O–H groups in total. The molecule has 140 valence electrons. The summed E-state index contributed by atoms with van der Waals surface area (Å²) in [4.78, 5) is 28.6. The number of fused-ring (bicyclic) bond motifs is 1. The number of thiophene rings is 1. The Morgan fingerprint density at radius 2 is 1.96 bits per heavy atom. The fourth-order valence-electron chi connectivity index (χ4n) is 3.40. The SMILES string of the molecule is CCc1cc2c(N3CCN(C(=O)c4cccc(Cl)c4)CC3)nc(C)nc2s1. The molecule has 7 heteroatoms. The molecule has 0 atom stereocenters. The summed E-state index contributed by atoms with van der Waals surface area (Å²) in [6.45, 7) is 6.95. The van der Waals surface area contributed by atoms with Crippen molar-refractivity contribution in [1.82, 2.24) is 14.9 Å². The lowest BCUT2D eigenvalue weighted by Gasteiger charge is -2.35. The third kappa shape index (κ3) is 3.64. The van der Waals surface area contributed by atoms with Crippen LogP contribution in [0.5, 0.6) is 0 Å². The average molecular weight is 401 g/mol. The maximum Gasteiger partial charge on any atom is 0.254 e. The van der Waals surface area contributed by atoms with Crippen molar-refractivity contribution in [1.29, 1.82) is 0 Å². The second-order valence-corrected chi connectivity index (χ2v) is 8.22. The molecule has 3 heterocycles. The van der Waals surface area contributed by atoms with Crippen LogP contribution >= 0.6 is 22.9 Å². The number of aromatic nitrogens is 2. The van der Waals surface area contributed by atoms with Crippen molar-refractivity contribution < 1.29 is 4.79 Å². The Morgan fingerprint density at radius 1 is 1.19 bits per heavy atom. The Hall–Kier alpha value is -2.18. The van der Waals surface area contributed by atoms with Crippen LogP contribution in [0.4, 0.5) is 5.82 Å². The van der Waals surface area contributed by atoms with Gasteiger partial charge in [-0.2, -0.15) is 0 Å². The first-order valence-corrected chi connectivity index (χ1v) is 10.3. The monoisotopic (exact) mass is 400 g/mol. The third-order valence-electron chi connectivity index (χ3n) is 4.82. The molecule has 2 aromatic heterocycles. The molecule has 1 fully saturated rings. The molecule has 0 unspecified atom stereocenters. The van der Waals surface area contributed by atoms with Crippen LogP contribution in [0.1, 0.15) is 28.0 Å². The van der Waals surface area contributed by atoms with Crippen molar-refractivity contribution >= 4 is 44.9 Å². The zero-order chi connectivity index (χ0) is 19.0. The van der Waals surface area contributed by atoms with E-state index in [1.807, 2.05) is 24.0 Å². The maximum atomic E-state index is 12.7. The predicted octanol–water partition coefficient (Wildman–Crippen LogP) is 4.18. The minimum atomic E-state index is 0.0324. The number of piperazine rings is 1. The molecule has 1 amide bonds. The summed E-state index contributed by atoms with van der Waals surface area (Å²) < 4.78 is 0. The van der Waals surface area contributed by atoms with E-state index in [0.717, 1.165) is 41.4 Å². The molecule has 4 rings (SSSR count). The number of carbonyl (C=O) groups is 1. The minimum absolute atomic E-state index is 0.0324. The van der Waals surface area contributed by atoms with Gasteiger partial charge in [-0.05, 0) is 37.6 Å². The lowest BCUT2D eigenvalue weighted by molar-refractivity contribution is 0.0746. The molecular weight excluding hydrogens is 380 g/mol. The Bertz CT molecular complexity index is 995. The molecule has 1 aliphatic heterocycles. The lowest BCUT2D eigenvalue weighted by Crippen LogP contribution is -2.49. The van der Waals surface area contributed by atoms with Gasteiger partial charge in [-0.3, -0.25) is 4.79 Å². The molecule has 0 radical (unpaired) electrons. The second kappa shape index (κ2) is 7.44. The Labute approximate surface area is 167 Å². The third-order valence-corrected chi connectivity index (χ3v) is 6.23. The van der Waals surface area contributed by atoms with Gasteiger partial charge in [0.25, 0.3) is 5.91 Å². The van der Waals surface area contributed by atoms with Crippen molar-refractivity contribution in [2.75, 3.05) is 31.1 Å². The van der Waals surface area contributed by atoms with Crippen LogP contribution in [-0.4, -0.2) is 47.0 Å². The predicted molar refractivity (Wildman–Crippen MR) is 111 cm³/mol. The fraction of sp³-hybridized carbons (Fsp3) is 0.350. The first-order valence-electron chi connectivity index (χ1n) is 9.12. The summed E-state index contributed by atoms with van der Waals surface area (Å²) in [7, 11) is 0. The number of anilines is 1. The molecule has 0 bridgehead atoms. The van der Waals surface area contributed by atoms with Crippen LogP contribution in [0.2, 0.25) is 5.02 Å². The van der Waals surface area contributed by atoms with Crippen LogP contribution in [0, 0.1) is 6.92 Å². The summed E-state index contributed by atoms with van der Waals surface area (Å²) >= 11 is 7.76. The van der Waals surface area contributed by atoms with Gasteiger partial charge in [0.2, 0.25) is 0 Å².